The van der Waals surface area contributed by atoms with Crippen molar-refractivity contribution in [2.24, 2.45) is 18.9 Å². The lowest BCUT2D eigenvalue weighted by atomic mass is 9.86. The molecule has 0 bridgehead atoms. The Hall–Kier alpha value is -0.350. The average molecular weight is 354 g/mol. The Balaban J connectivity index is 1.71. The molecule has 0 saturated heterocycles. The monoisotopic (exact) mass is 353 g/mol. The lowest BCUT2D eigenvalue weighted by Crippen LogP contribution is -2.31. The first-order chi connectivity index (χ1) is 10.2. The molecule has 118 valence electrons. The topological polar surface area (TPSA) is 29.9 Å². The van der Waals surface area contributed by atoms with Crippen LogP contribution < -0.4 is 5.32 Å². The highest BCUT2D eigenvalue weighted by molar-refractivity contribution is 9.10. The van der Waals surface area contributed by atoms with Gasteiger partial charge in [-0.25, -0.2) is 0 Å². The van der Waals surface area contributed by atoms with Crippen molar-refractivity contribution in [1.29, 1.82) is 0 Å². The van der Waals surface area contributed by atoms with E-state index in [4.69, 9.17) is 0 Å². The van der Waals surface area contributed by atoms with Crippen LogP contribution in [0.15, 0.2) is 4.47 Å². The third-order valence-electron chi connectivity index (χ3n) is 5.27. The zero-order valence-corrected chi connectivity index (χ0v) is 15.0. The Bertz CT molecular complexity index is 473. The molecule has 1 atom stereocenters. The Labute approximate surface area is 137 Å². The minimum Gasteiger partial charge on any atom is -0.314 e. The molecular formula is C17H28BrN3. The van der Waals surface area contributed by atoms with Crippen molar-refractivity contribution in [3.05, 3.63) is 15.9 Å². The molecule has 2 aliphatic carbocycles. The van der Waals surface area contributed by atoms with Crippen LogP contribution in [0.4, 0.5) is 0 Å². The number of hydrogen-bond donors (Lipinski definition) is 1. The lowest BCUT2D eigenvalue weighted by Gasteiger charge is -2.24. The summed E-state index contributed by atoms with van der Waals surface area (Å²) in [5.74, 6) is 1.67. The Morgan fingerprint density at radius 2 is 2.00 bits per heavy atom. The van der Waals surface area contributed by atoms with Crippen molar-refractivity contribution in [3.8, 4) is 0 Å². The van der Waals surface area contributed by atoms with Crippen LogP contribution in [0.25, 0.3) is 0 Å². The van der Waals surface area contributed by atoms with E-state index < -0.39 is 0 Å². The number of rotatable bonds is 7. The highest BCUT2D eigenvalue weighted by atomic mass is 79.9. The van der Waals surface area contributed by atoms with E-state index in [0.717, 1.165) is 30.7 Å². The van der Waals surface area contributed by atoms with Crippen LogP contribution in [0.2, 0.25) is 0 Å². The Morgan fingerprint density at radius 1 is 1.29 bits per heavy atom. The second-order valence-electron chi connectivity index (χ2n) is 6.88. The van der Waals surface area contributed by atoms with Crippen LogP contribution in [0.3, 0.4) is 0 Å². The summed E-state index contributed by atoms with van der Waals surface area (Å²) in [6, 6.07) is 0.815. The van der Waals surface area contributed by atoms with Gasteiger partial charge in [-0.15, -0.1) is 0 Å². The van der Waals surface area contributed by atoms with Gasteiger partial charge in [0, 0.05) is 13.1 Å². The van der Waals surface area contributed by atoms with Crippen LogP contribution in [0.1, 0.15) is 56.8 Å². The Kier molecular flexibility index (Phi) is 5.05. The molecule has 0 aromatic carbocycles. The standard InChI is InChI=1S/C17H28BrN3/c1-3-15-17(18)16(21(2)20-15)10-13(11-19-14-8-9-14)12-6-4-5-7-12/h12-14,19H,3-11H2,1-2H3. The van der Waals surface area contributed by atoms with Crippen molar-refractivity contribution in [2.75, 3.05) is 6.54 Å². The molecule has 1 aromatic rings. The first kappa shape index (κ1) is 15.5. The highest BCUT2D eigenvalue weighted by Gasteiger charge is 2.29. The van der Waals surface area contributed by atoms with E-state index >= 15 is 0 Å². The largest absolute Gasteiger partial charge is 0.314 e. The van der Waals surface area contributed by atoms with E-state index in [-0.39, 0.29) is 0 Å². The predicted molar refractivity (Wildman–Crippen MR) is 90.5 cm³/mol. The SMILES string of the molecule is CCc1nn(C)c(CC(CNC2CC2)C2CCCC2)c1Br. The summed E-state index contributed by atoms with van der Waals surface area (Å²) in [7, 11) is 2.10. The smallest absolute Gasteiger partial charge is 0.0766 e. The number of aryl methyl sites for hydroxylation is 2. The molecule has 4 heteroatoms. The minimum atomic E-state index is 0.768. The molecule has 2 aliphatic rings. The molecule has 3 rings (SSSR count). The zero-order valence-electron chi connectivity index (χ0n) is 13.4. The molecule has 1 unspecified atom stereocenters. The second kappa shape index (κ2) is 6.82. The molecule has 0 spiro atoms. The summed E-state index contributed by atoms with van der Waals surface area (Å²) in [5.41, 5.74) is 2.59. The number of aromatic nitrogens is 2. The third-order valence-corrected chi connectivity index (χ3v) is 6.19. The van der Waals surface area contributed by atoms with Crippen molar-refractivity contribution < 1.29 is 0 Å². The number of hydrogen-bond acceptors (Lipinski definition) is 2. The van der Waals surface area contributed by atoms with Gasteiger partial charge in [-0.1, -0.05) is 32.6 Å². The Morgan fingerprint density at radius 3 is 2.57 bits per heavy atom. The van der Waals surface area contributed by atoms with Gasteiger partial charge in [0.1, 0.15) is 0 Å². The first-order valence-corrected chi connectivity index (χ1v) is 9.42. The van der Waals surface area contributed by atoms with Gasteiger partial charge in [-0.3, -0.25) is 4.68 Å². The number of nitrogens with one attached hydrogen (secondary N) is 1. The molecule has 1 N–H and O–H groups in total. The van der Waals surface area contributed by atoms with Crippen molar-refractivity contribution in [3.63, 3.8) is 0 Å². The molecule has 0 aliphatic heterocycles. The summed E-state index contributed by atoms with van der Waals surface area (Å²) in [5, 5.41) is 8.43. The van der Waals surface area contributed by atoms with E-state index in [0.29, 0.717) is 0 Å². The summed E-state index contributed by atoms with van der Waals surface area (Å²) < 4.78 is 3.35. The third kappa shape index (κ3) is 3.70. The second-order valence-corrected chi connectivity index (χ2v) is 7.67. The molecule has 0 radical (unpaired) electrons. The van der Waals surface area contributed by atoms with Crippen molar-refractivity contribution in [2.45, 2.75) is 64.3 Å². The lowest BCUT2D eigenvalue weighted by molar-refractivity contribution is 0.314. The fourth-order valence-electron chi connectivity index (χ4n) is 3.73. The van der Waals surface area contributed by atoms with Crippen LogP contribution in [-0.4, -0.2) is 22.4 Å². The van der Waals surface area contributed by atoms with Crippen molar-refractivity contribution >= 4 is 15.9 Å². The molecule has 2 fully saturated rings. The highest BCUT2D eigenvalue weighted by Crippen LogP contribution is 2.35. The van der Waals surface area contributed by atoms with E-state index in [1.54, 1.807) is 0 Å². The fourth-order valence-corrected chi connectivity index (χ4v) is 4.51. The maximum Gasteiger partial charge on any atom is 0.0766 e. The van der Waals surface area contributed by atoms with Gasteiger partial charge in [0.2, 0.25) is 0 Å². The molecule has 21 heavy (non-hydrogen) atoms. The molecule has 0 amide bonds. The van der Waals surface area contributed by atoms with Crippen LogP contribution in [0, 0.1) is 11.8 Å². The van der Waals surface area contributed by atoms with Gasteiger partial charge in [0.05, 0.1) is 15.9 Å². The van der Waals surface area contributed by atoms with Gasteiger partial charge in [-0.2, -0.15) is 5.10 Å². The van der Waals surface area contributed by atoms with Gasteiger partial charge in [0.15, 0.2) is 0 Å². The molecule has 2 saturated carbocycles. The van der Waals surface area contributed by atoms with Crippen LogP contribution in [0.5, 0.6) is 0 Å². The minimum absolute atomic E-state index is 0.768. The molecule has 1 aromatic heterocycles. The number of nitrogens with zero attached hydrogens (tertiary/aromatic N) is 2. The maximum absolute atomic E-state index is 4.67. The maximum atomic E-state index is 4.67. The van der Waals surface area contributed by atoms with Crippen LogP contribution >= 0.6 is 15.9 Å². The van der Waals surface area contributed by atoms with Gasteiger partial charge < -0.3 is 5.32 Å². The molecule has 1 heterocycles. The summed E-state index contributed by atoms with van der Waals surface area (Å²) in [6.45, 7) is 3.37. The van der Waals surface area contributed by atoms with Gasteiger partial charge in [-0.05, 0) is 60.0 Å². The predicted octanol–water partition coefficient (Wildman–Crippen LogP) is 3.85. The first-order valence-electron chi connectivity index (χ1n) is 8.62. The van der Waals surface area contributed by atoms with Crippen molar-refractivity contribution in [1.82, 2.24) is 15.1 Å². The molecular weight excluding hydrogens is 326 g/mol. The van der Waals surface area contributed by atoms with E-state index in [9.17, 15) is 0 Å². The summed E-state index contributed by atoms with van der Waals surface area (Å²) >= 11 is 3.79. The van der Waals surface area contributed by atoms with E-state index in [1.165, 1.54) is 60.9 Å². The fraction of sp³-hybridized carbons (Fsp3) is 0.824. The van der Waals surface area contributed by atoms with E-state index in [2.05, 4.69) is 45.0 Å². The van der Waals surface area contributed by atoms with E-state index in [1.807, 2.05) is 0 Å². The normalized spacial score (nSPS) is 21.1. The zero-order chi connectivity index (χ0) is 14.8. The van der Waals surface area contributed by atoms with Gasteiger partial charge >= 0.3 is 0 Å². The molecule has 3 nitrogen and oxygen atoms in total. The number of halogens is 1. The quantitative estimate of drug-likeness (QED) is 0.806. The summed E-state index contributed by atoms with van der Waals surface area (Å²) in [4.78, 5) is 0. The van der Waals surface area contributed by atoms with Crippen LogP contribution in [-0.2, 0) is 19.9 Å². The average Bonchev–Trinajstić information content (AvgIpc) is 3.07. The van der Waals surface area contributed by atoms with Gasteiger partial charge in [0.25, 0.3) is 0 Å². The summed E-state index contributed by atoms with van der Waals surface area (Å²) in [6.07, 6.45) is 10.6.